The molecular formula is C15H10Cl3N3. The molecule has 0 radical (unpaired) electrons. The first kappa shape index (κ1) is 14.4. The summed E-state index contributed by atoms with van der Waals surface area (Å²) >= 11 is 18.2. The van der Waals surface area contributed by atoms with Crippen molar-refractivity contribution in [2.24, 2.45) is 7.05 Å². The monoisotopic (exact) mass is 337 g/mol. The number of hydrogen-bond acceptors (Lipinski definition) is 2. The molecule has 0 spiro atoms. The first-order valence-corrected chi connectivity index (χ1v) is 7.31. The second-order valence-electron chi connectivity index (χ2n) is 4.51. The molecule has 106 valence electrons. The van der Waals surface area contributed by atoms with Crippen molar-refractivity contribution in [1.82, 2.24) is 14.8 Å². The highest BCUT2D eigenvalue weighted by atomic mass is 35.5. The van der Waals surface area contributed by atoms with E-state index in [0.717, 1.165) is 11.1 Å². The van der Waals surface area contributed by atoms with Gasteiger partial charge in [-0.05, 0) is 30.3 Å². The van der Waals surface area contributed by atoms with E-state index in [9.17, 15) is 0 Å². The van der Waals surface area contributed by atoms with Crippen LogP contribution in [-0.2, 0) is 7.05 Å². The maximum absolute atomic E-state index is 6.21. The molecule has 0 atom stereocenters. The largest absolute Gasteiger partial charge is 0.310 e. The smallest absolute Gasteiger partial charge is 0.165 e. The maximum atomic E-state index is 6.21. The standard InChI is InChI=1S/C15H10Cl3N3/c1-21-14(9-6-7-12(17)13(18)8-9)19-20-15(21)10-4-2-3-5-11(10)16/h2-8H,1H3. The highest BCUT2D eigenvalue weighted by Gasteiger charge is 2.15. The third kappa shape index (κ3) is 2.64. The van der Waals surface area contributed by atoms with Crippen molar-refractivity contribution < 1.29 is 0 Å². The Balaban J connectivity index is 2.11. The summed E-state index contributed by atoms with van der Waals surface area (Å²) in [5, 5.41) is 10.1. The van der Waals surface area contributed by atoms with Crippen molar-refractivity contribution >= 4 is 34.8 Å². The predicted octanol–water partition coefficient (Wildman–Crippen LogP) is 5.11. The molecule has 3 nitrogen and oxygen atoms in total. The summed E-state index contributed by atoms with van der Waals surface area (Å²) in [4.78, 5) is 0. The Morgan fingerprint density at radius 3 is 2.24 bits per heavy atom. The van der Waals surface area contributed by atoms with Gasteiger partial charge in [0.25, 0.3) is 0 Å². The van der Waals surface area contributed by atoms with Gasteiger partial charge in [-0.3, -0.25) is 0 Å². The van der Waals surface area contributed by atoms with E-state index < -0.39 is 0 Å². The van der Waals surface area contributed by atoms with Crippen LogP contribution in [0, 0.1) is 0 Å². The topological polar surface area (TPSA) is 30.7 Å². The molecule has 0 aliphatic rings. The van der Waals surface area contributed by atoms with E-state index in [1.165, 1.54) is 0 Å². The van der Waals surface area contributed by atoms with Crippen LogP contribution >= 0.6 is 34.8 Å². The minimum Gasteiger partial charge on any atom is -0.310 e. The summed E-state index contributed by atoms with van der Waals surface area (Å²) in [7, 11) is 1.89. The average molecular weight is 339 g/mol. The molecule has 1 aromatic heterocycles. The lowest BCUT2D eigenvalue weighted by Crippen LogP contribution is -1.96. The lowest BCUT2D eigenvalue weighted by Gasteiger charge is -2.06. The van der Waals surface area contributed by atoms with Crippen molar-refractivity contribution in [2.45, 2.75) is 0 Å². The molecule has 3 rings (SSSR count). The van der Waals surface area contributed by atoms with Crippen LogP contribution in [0.5, 0.6) is 0 Å². The van der Waals surface area contributed by atoms with E-state index in [1.807, 2.05) is 41.9 Å². The van der Waals surface area contributed by atoms with Crippen LogP contribution in [0.3, 0.4) is 0 Å². The van der Waals surface area contributed by atoms with Gasteiger partial charge in [0.2, 0.25) is 0 Å². The first-order valence-electron chi connectivity index (χ1n) is 6.17. The number of rotatable bonds is 2. The summed E-state index contributed by atoms with van der Waals surface area (Å²) < 4.78 is 1.88. The second kappa shape index (κ2) is 5.68. The third-order valence-electron chi connectivity index (χ3n) is 3.17. The Morgan fingerprint density at radius 2 is 1.52 bits per heavy atom. The van der Waals surface area contributed by atoms with Gasteiger partial charge < -0.3 is 4.57 Å². The van der Waals surface area contributed by atoms with Crippen LogP contribution in [0.25, 0.3) is 22.8 Å². The summed E-state index contributed by atoms with van der Waals surface area (Å²) in [5.41, 5.74) is 1.68. The van der Waals surface area contributed by atoms with E-state index in [1.54, 1.807) is 12.1 Å². The molecule has 2 aromatic carbocycles. The average Bonchev–Trinajstić information content (AvgIpc) is 2.84. The summed E-state index contributed by atoms with van der Waals surface area (Å²) in [5.74, 6) is 1.39. The van der Waals surface area contributed by atoms with E-state index >= 15 is 0 Å². The van der Waals surface area contributed by atoms with Crippen molar-refractivity contribution in [3.63, 3.8) is 0 Å². The van der Waals surface area contributed by atoms with Crippen LogP contribution in [-0.4, -0.2) is 14.8 Å². The Hall–Kier alpha value is -1.55. The SMILES string of the molecule is Cn1c(-c2ccc(Cl)c(Cl)c2)nnc1-c1ccccc1Cl. The van der Waals surface area contributed by atoms with Gasteiger partial charge in [-0.15, -0.1) is 10.2 Å². The van der Waals surface area contributed by atoms with Gasteiger partial charge >= 0.3 is 0 Å². The van der Waals surface area contributed by atoms with E-state index in [2.05, 4.69) is 10.2 Å². The van der Waals surface area contributed by atoms with Crippen LogP contribution in [0.4, 0.5) is 0 Å². The zero-order valence-electron chi connectivity index (χ0n) is 11.0. The van der Waals surface area contributed by atoms with Crippen molar-refractivity contribution in [3.05, 3.63) is 57.5 Å². The van der Waals surface area contributed by atoms with Gasteiger partial charge in [0, 0.05) is 18.2 Å². The number of halogens is 3. The van der Waals surface area contributed by atoms with Gasteiger partial charge in [-0.1, -0.05) is 46.9 Å². The summed E-state index contributed by atoms with van der Waals surface area (Å²) in [6.07, 6.45) is 0. The Kier molecular flexibility index (Phi) is 3.89. The van der Waals surface area contributed by atoms with Crippen molar-refractivity contribution in [2.75, 3.05) is 0 Å². The number of nitrogens with zero attached hydrogens (tertiary/aromatic N) is 3. The first-order chi connectivity index (χ1) is 10.1. The molecule has 0 N–H and O–H groups in total. The maximum Gasteiger partial charge on any atom is 0.165 e. The number of benzene rings is 2. The van der Waals surface area contributed by atoms with Gasteiger partial charge in [-0.2, -0.15) is 0 Å². The molecule has 0 fully saturated rings. The Bertz CT molecular complexity index is 812. The van der Waals surface area contributed by atoms with Gasteiger partial charge in [-0.25, -0.2) is 0 Å². The van der Waals surface area contributed by atoms with Crippen LogP contribution in [0.15, 0.2) is 42.5 Å². The van der Waals surface area contributed by atoms with Gasteiger partial charge in [0.15, 0.2) is 11.6 Å². The highest BCUT2D eigenvalue weighted by Crippen LogP contribution is 2.31. The summed E-state index contributed by atoms with van der Waals surface area (Å²) in [6, 6.07) is 12.9. The zero-order valence-corrected chi connectivity index (χ0v) is 13.3. The predicted molar refractivity (Wildman–Crippen MR) is 86.9 cm³/mol. The second-order valence-corrected chi connectivity index (χ2v) is 5.74. The Labute approximate surface area is 137 Å². The minimum absolute atomic E-state index is 0.483. The number of hydrogen-bond donors (Lipinski definition) is 0. The van der Waals surface area contributed by atoms with Crippen molar-refractivity contribution in [1.29, 1.82) is 0 Å². The molecule has 1 heterocycles. The fraction of sp³-hybridized carbons (Fsp3) is 0.0667. The van der Waals surface area contributed by atoms with Crippen LogP contribution in [0.2, 0.25) is 15.1 Å². The molecule has 21 heavy (non-hydrogen) atoms. The lowest BCUT2D eigenvalue weighted by molar-refractivity contribution is 0.930. The van der Waals surface area contributed by atoms with E-state index in [4.69, 9.17) is 34.8 Å². The van der Waals surface area contributed by atoms with Gasteiger partial charge in [0.1, 0.15) is 0 Å². The van der Waals surface area contributed by atoms with E-state index in [-0.39, 0.29) is 0 Å². The van der Waals surface area contributed by atoms with Crippen LogP contribution in [0.1, 0.15) is 0 Å². The third-order valence-corrected chi connectivity index (χ3v) is 4.24. The molecule has 3 aromatic rings. The molecule has 6 heteroatoms. The molecule has 0 aliphatic carbocycles. The highest BCUT2D eigenvalue weighted by molar-refractivity contribution is 6.42. The minimum atomic E-state index is 0.483. The molecule has 0 saturated heterocycles. The quantitative estimate of drug-likeness (QED) is 0.650. The lowest BCUT2D eigenvalue weighted by atomic mass is 10.2. The number of aromatic nitrogens is 3. The zero-order chi connectivity index (χ0) is 15.0. The molecule has 0 aliphatic heterocycles. The molecular weight excluding hydrogens is 329 g/mol. The van der Waals surface area contributed by atoms with Crippen LogP contribution < -0.4 is 0 Å². The fourth-order valence-electron chi connectivity index (χ4n) is 2.09. The molecule has 0 bridgehead atoms. The summed E-state index contributed by atoms with van der Waals surface area (Å²) in [6.45, 7) is 0. The Morgan fingerprint density at radius 1 is 0.810 bits per heavy atom. The molecule has 0 unspecified atom stereocenters. The molecule has 0 saturated carbocycles. The molecule has 0 amide bonds. The van der Waals surface area contributed by atoms with Gasteiger partial charge in [0.05, 0.1) is 15.1 Å². The van der Waals surface area contributed by atoms with Crippen molar-refractivity contribution in [3.8, 4) is 22.8 Å². The van der Waals surface area contributed by atoms with E-state index in [0.29, 0.717) is 26.7 Å². The normalized spacial score (nSPS) is 10.9. The fourth-order valence-corrected chi connectivity index (χ4v) is 2.61.